The summed E-state index contributed by atoms with van der Waals surface area (Å²) in [5, 5.41) is 9.08. The molecule has 1 fully saturated rings. The van der Waals surface area contributed by atoms with Crippen LogP contribution in [0.15, 0.2) is 36.4 Å². The van der Waals surface area contributed by atoms with Crippen LogP contribution < -0.4 is 0 Å². The van der Waals surface area contributed by atoms with E-state index in [0.717, 1.165) is 23.8 Å². The fourth-order valence-corrected chi connectivity index (χ4v) is 4.96. The molecule has 1 N–H and O–H groups in total. The molecule has 2 bridgehead atoms. The van der Waals surface area contributed by atoms with Gasteiger partial charge in [-0.1, -0.05) is 44.2 Å². The van der Waals surface area contributed by atoms with Crippen LogP contribution in [-0.4, -0.2) is 11.1 Å². The topological polar surface area (TPSA) is 37.3 Å². The molecule has 2 aromatic rings. The zero-order valence-corrected chi connectivity index (χ0v) is 16.5. The van der Waals surface area contributed by atoms with E-state index < -0.39 is 5.97 Å². The van der Waals surface area contributed by atoms with Crippen molar-refractivity contribution in [1.29, 1.82) is 0 Å². The van der Waals surface area contributed by atoms with Crippen molar-refractivity contribution in [3.05, 3.63) is 69.8 Å². The van der Waals surface area contributed by atoms with Gasteiger partial charge < -0.3 is 5.11 Å². The number of carboxylic acids is 1. The lowest BCUT2D eigenvalue weighted by Gasteiger charge is -2.21. The van der Waals surface area contributed by atoms with Crippen molar-refractivity contribution >= 4 is 17.6 Å². The van der Waals surface area contributed by atoms with Crippen LogP contribution in [0.1, 0.15) is 90.0 Å². The van der Waals surface area contributed by atoms with E-state index in [1.165, 1.54) is 36.0 Å². The first-order chi connectivity index (χ1) is 12.9. The molecule has 0 radical (unpaired) electrons. The van der Waals surface area contributed by atoms with E-state index >= 15 is 0 Å². The molecule has 1 saturated carbocycles. The number of rotatable bonds is 5. The molecule has 140 valence electrons. The van der Waals surface area contributed by atoms with Gasteiger partial charge in [0.25, 0.3) is 0 Å². The molecule has 2 unspecified atom stereocenters. The van der Waals surface area contributed by atoms with Crippen molar-refractivity contribution in [1.82, 2.24) is 0 Å². The number of hydrogen-bond acceptors (Lipinski definition) is 1. The van der Waals surface area contributed by atoms with Gasteiger partial charge in [0.2, 0.25) is 0 Å². The van der Waals surface area contributed by atoms with Crippen molar-refractivity contribution in [3.63, 3.8) is 0 Å². The summed E-state index contributed by atoms with van der Waals surface area (Å²) in [4.78, 5) is 11.1. The minimum absolute atomic E-state index is 0.332. The van der Waals surface area contributed by atoms with Gasteiger partial charge >= 0.3 is 5.97 Å². The third kappa shape index (κ3) is 3.45. The van der Waals surface area contributed by atoms with Crippen molar-refractivity contribution in [3.8, 4) is 0 Å². The van der Waals surface area contributed by atoms with Crippen molar-refractivity contribution < 1.29 is 9.90 Å². The first kappa shape index (κ1) is 18.0. The quantitative estimate of drug-likeness (QED) is 0.617. The summed E-state index contributed by atoms with van der Waals surface area (Å²) < 4.78 is 0. The lowest BCUT2D eigenvalue weighted by Crippen LogP contribution is -2.05. The van der Waals surface area contributed by atoms with E-state index in [4.69, 9.17) is 5.11 Å². The molecule has 0 spiro atoms. The van der Waals surface area contributed by atoms with Gasteiger partial charge in [0, 0.05) is 0 Å². The Hall–Kier alpha value is -2.35. The SMILES string of the molecule is C/C(=C/c1ccc(C(=O)O)cc1)c1cc2c(cc1CC(C)C)C1CCC2C1. The Morgan fingerprint density at radius 3 is 2.33 bits per heavy atom. The van der Waals surface area contributed by atoms with Crippen LogP contribution in [0, 0.1) is 5.92 Å². The molecule has 2 heteroatoms. The summed E-state index contributed by atoms with van der Waals surface area (Å²) in [7, 11) is 0. The number of carbonyl (C=O) groups is 1. The minimum Gasteiger partial charge on any atom is -0.478 e. The maximum atomic E-state index is 11.1. The second kappa shape index (κ2) is 6.99. The number of fused-ring (bicyclic) bond motifs is 5. The minimum atomic E-state index is -0.879. The van der Waals surface area contributed by atoms with Gasteiger partial charge in [-0.2, -0.15) is 0 Å². The zero-order valence-electron chi connectivity index (χ0n) is 16.5. The van der Waals surface area contributed by atoms with Crippen molar-refractivity contribution in [2.75, 3.05) is 0 Å². The highest BCUT2D eigenvalue weighted by molar-refractivity contribution is 5.88. The Bertz CT molecular complexity index is 903. The normalized spacial score (nSPS) is 21.0. The maximum absolute atomic E-state index is 11.1. The molecule has 0 saturated heterocycles. The van der Waals surface area contributed by atoms with E-state index in [0.29, 0.717) is 11.5 Å². The molecule has 2 nitrogen and oxygen atoms in total. The lowest BCUT2D eigenvalue weighted by atomic mass is 9.84. The smallest absolute Gasteiger partial charge is 0.335 e. The summed E-state index contributed by atoms with van der Waals surface area (Å²) in [5.74, 6) is 1.30. The first-order valence-corrected chi connectivity index (χ1v) is 10.1. The summed E-state index contributed by atoms with van der Waals surface area (Å²) in [6.07, 6.45) is 7.34. The van der Waals surface area contributed by atoms with Crippen LogP contribution in [0.4, 0.5) is 0 Å². The molecular weight excluding hydrogens is 332 g/mol. The Morgan fingerprint density at radius 1 is 1.11 bits per heavy atom. The van der Waals surface area contributed by atoms with Crippen molar-refractivity contribution in [2.24, 2.45) is 5.92 Å². The monoisotopic (exact) mass is 360 g/mol. The average Bonchev–Trinajstić information content (AvgIpc) is 3.23. The van der Waals surface area contributed by atoms with E-state index in [1.807, 2.05) is 12.1 Å². The number of benzene rings is 2. The second-order valence-electron chi connectivity index (χ2n) is 8.70. The van der Waals surface area contributed by atoms with Gasteiger partial charge in [0.15, 0.2) is 0 Å². The highest BCUT2D eigenvalue weighted by atomic mass is 16.4. The molecular formula is C25H28O2. The molecule has 2 aromatic carbocycles. The predicted molar refractivity (Wildman–Crippen MR) is 111 cm³/mol. The van der Waals surface area contributed by atoms with Crippen molar-refractivity contribution in [2.45, 2.75) is 58.3 Å². The summed E-state index contributed by atoms with van der Waals surface area (Å²) in [6, 6.07) is 12.1. The fraction of sp³-hybridized carbons (Fsp3) is 0.400. The second-order valence-corrected chi connectivity index (χ2v) is 8.70. The molecule has 4 rings (SSSR count). The highest BCUT2D eigenvalue weighted by Gasteiger charge is 2.37. The molecule has 0 aliphatic heterocycles. The molecule has 0 aromatic heterocycles. The van der Waals surface area contributed by atoms with E-state index in [9.17, 15) is 4.79 Å². The third-order valence-corrected chi connectivity index (χ3v) is 6.21. The Labute approximate surface area is 161 Å². The lowest BCUT2D eigenvalue weighted by molar-refractivity contribution is 0.0697. The van der Waals surface area contributed by atoms with E-state index in [-0.39, 0.29) is 0 Å². The first-order valence-electron chi connectivity index (χ1n) is 10.1. The molecule has 0 amide bonds. The average molecular weight is 360 g/mol. The summed E-state index contributed by atoms with van der Waals surface area (Å²) >= 11 is 0. The molecule has 2 aliphatic rings. The number of allylic oxidation sites excluding steroid dienone is 1. The van der Waals surface area contributed by atoms with Gasteiger partial charge in [-0.15, -0.1) is 0 Å². The molecule has 2 aliphatic carbocycles. The molecule has 0 heterocycles. The Morgan fingerprint density at radius 2 is 1.74 bits per heavy atom. The van der Waals surface area contributed by atoms with Gasteiger partial charge in [0.05, 0.1) is 5.56 Å². The van der Waals surface area contributed by atoms with Crippen LogP contribution in [0.3, 0.4) is 0 Å². The van der Waals surface area contributed by atoms with Crippen LogP contribution in [0.5, 0.6) is 0 Å². The molecule has 2 atom stereocenters. The van der Waals surface area contributed by atoms with Crippen LogP contribution >= 0.6 is 0 Å². The zero-order chi connectivity index (χ0) is 19.1. The Kier molecular flexibility index (Phi) is 4.67. The predicted octanol–water partition coefficient (Wildman–Crippen LogP) is 6.51. The van der Waals surface area contributed by atoms with E-state index in [2.05, 4.69) is 39.0 Å². The Balaban J connectivity index is 1.72. The van der Waals surface area contributed by atoms with Gasteiger partial charge in [-0.3, -0.25) is 0 Å². The maximum Gasteiger partial charge on any atom is 0.335 e. The summed E-state index contributed by atoms with van der Waals surface area (Å²) in [5.41, 5.74) is 8.68. The standard InChI is InChI=1S/C25H28O2/c1-15(2)10-21-13-23-19-8-9-20(12-19)24(23)14-22(21)16(3)11-17-4-6-18(7-5-17)25(26)27/h4-7,11,13-15,19-20H,8-10,12H2,1-3H3,(H,26,27)/b16-11-. The van der Waals surface area contributed by atoms with Gasteiger partial charge in [-0.25, -0.2) is 4.79 Å². The van der Waals surface area contributed by atoms with E-state index in [1.54, 1.807) is 23.3 Å². The fourth-order valence-electron chi connectivity index (χ4n) is 4.96. The molecule has 27 heavy (non-hydrogen) atoms. The third-order valence-electron chi connectivity index (χ3n) is 6.21. The van der Waals surface area contributed by atoms with Crippen LogP contribution in [0.25, 0.3) is 11.6 Å². The number of aromatic carboxylic acids is 1. The van der Waals surface area contributed by atoms with Gasteiger partial charge in [0.1, 0.15) is 0 Å². The van der Waals surface area contributed by atoms with Crippen LogP contribution in [-0.2, 0) is 6.42 Å². The summed E-state index contributed by atoms with van der Waals surface area (Å²) in [6.45, 7) is 6.75. The highest BCUT2D eigenvalue weighted by Crippen LogP contribution is 2.54. The van der Waals surface area contributed by atoms with Crippen LogP contribution in [0.2, 0.25) is 0 Å². The largest absolute Gasteiger partial charge is 0.478 e. The number of hydrogen-bond donors (Lipinski definition) is 1. The number of carboxylic acid groups (broad SMARTS) is 1. The van der Waals surface area contributed by atoms with Gasteiger partial charge in [-0.05, 0) is 95.9 Å².